The molecule has 0 spiro atoms. The number of hydrogen-bond acceptors (Lipinski definition) is 2. The maximum Gasteiger partial charge on any atom is 0.0924 e. The van der Waals surface area contributed by atoms with E-state index in [4.69, 9.17) is 32.7 Å². The normalized spacial score (nSPS) is 34.9. The van der Waals surface area contributed by atoms with E-state index < -0.39 is 0 Å². The summed E-state index contributed by atoms with van der Waals surface area (Å²) in [4.78, 5) is 0. The van der Waals surface area contributed by atoms with Gasteiger partial charge < -0.3 is 9.47 Å². The Morgan fingerprint density at radius 2 is 1.90 bits per heavy atom. The lowest BCUT2D eigenvalue weighted by Gasteiger charge is -2.31. The largest absolute Gasteiger partial charge is 0.370 e. The van der Waals surface area contributed by atoms with Crippen LogP contribution < -0.4 is 0 Å². The van der Waals surface area contributed by atoms with Gasteiger partial charge in [0.25, 0.3) is 0 Å². The molecule has 2 aliphatic heterocycles. The van der Waals surface area contributed by atoms with Gasteiger partial charge in [-0.15, -0.1) is 0 Å². The molecule has 0 radical (unpaired) electrons. The second kappa shape index (κ2) is 5.42. The molecule has 2 heterocycles. The summed E-state index contributed by atoms with van der Waals surface area (Å²) in [6.45, 7) is 7.19. The first-order chi connectivity index (χ1) is 9.83. The summed E-state index contributed by atoms with van der Waals surface area (Å²) in [6.07, 6.45) is 3.34. The topological polar surface area (TPSA) is 18.5 Å². The average Bonchev–Trinajstić information content (AvgIpc) is 2.87. The van der Waals surface area contributed by atoms with Gasteiger partial charge in [0.1, 0.15) is 0 Å². The van der Waals surface area contributed by atoms with Crippen LogP contribution in [-0.2, 0) is 16.1 Å². The molecule has 2 aliphatic rings. The summed E-state index contributed by atoms with van der Waals surface area (Å²) in [5.74, 6) is 0.522. The highest BCUT2D eigenvalue weighted by Gasteiger charge is 2.60. The van der Waals surface area contributed by atoms with Gasteiger partial charge >= 0.3 is 0 Å². The number of hydrogen-bond donors (Lipinski definition) is 0. The van der Waals surface area contributed by atoms with Crippen LogP contribution >= 0.6 is 23.2 Å². The van der Waals surface area contributed by atoms with Gasteiger partial charge in [-0.25, -0.2) is 0 Å². The van der Waals surface area contributed by atoms with E-state index >= 15 is 0 Å². The van der Waals surface area contributed by atoms with Crippen LogP contribution in [0, 0.1) is 5.92 Å². The van der Waals surface area contributed by atoms with Crippen molar-refractivity contribution in [3.8, 4) is 0 Å². The van der Waals surface area contributed by atoms with Crippen molar-refractivity contribution in [2.24, 2.45) is 5.92 Å². The van der Waals surface area contributed by atoms with E-state index in [1.807, 2.05) is 12.1 Å². The molecule has 2 saturated heterocycles. The second-order valence-electron chi connectivity index (χ2n) is 6.92. The van der Waals surface area contributed by atoms with Crippen LogP contribution in [-0.4, -0.2) is 17.3 Å². The molecule has 0 saturated carbocycles. The van der Waals surface area contributed by atoms with Gasteiger partial charge in [-0.3, -0.25) is 0 Å². The Bertz CT molecular complexity index is 525. The number of ether oxygens (including phenoxy) is 2. The molecule has 1 aromatic carbocycles. The van der Waals surface area contributed by atoms with Crippen molar-refractivity contribution in [3.63, 3.8) is 0 Å². The molecule has 3 unspecified atom stereocenters. The van der Waals surface area contributed by atoms with Gasteiger partial charge in [-0.1, -0.05) is 37.0 Å². The Hall–Kier alpha value is -0.280. The van der Waals surface area contributed by atoms with E-state index in [1.54, 1.807) is 6.07 Å². The van der Waals surface area contributed by atoms with Gasteiger partial charge in [-0.2, -0.15) is 0 Å². The molecule has 0 aromatic heterocycles. The fourth-order valence-electron chi connectivity index (χ4n) is 3.69. The molecule has 1 aromatic rings. The molecule has 21 heavy (non-hydrogen) atoms. The molecular formula is C17H22Cl2O2. The molecule has 2 fully saturated rings. The highest BCUT2D eigenvalue weighted by molar-refractivity contribution is 6.34. The summed E-state index contributed by atoms with van der Waals surface area (Å²) >= 11 is 12.1. The van der Waals surface area contributed by atoms with Crippen LogP contribution in [0.25, 0.3) is 0 Å². The van der Waals surface area contributed by atoms with E-state index in [9.17, 15) is 0 Å². The van der Waals surface area contributed by atoms with Crippen LogP contribution in [0.5, 0.6) is 0 Å². The lowest BCUT2D eigenvalue weighted by atomic mass is 9.75. The smallest absolute Gasteiger partial charge is 0.0924 e. The third-order valence-corrected chi connectivity index (χ3v) is 5.56. The minimum atomic E-state index is -0.146. The summed E-state index contributed by atoms with van der Waals surface area (Å²) < 4.78 is 12.5. The van der Waals surface area contributed by atoms with Crippen molar-refractivity contribution in [1.29, 1.82) is 0 Å². The Morgan fingerprint density at radius 3 is 2.48 bits per heavy atom. The molecule has 3 atom stereocenters. The summed E-state index contributed by atoms with van der Waals surface area (Å²) in [5.41, 5.74) is 0.871. The first-order valence-electron chi connectivity index (χ1n) is 7.60. The van der Waals surface area contributed by atoms with Crippen molar-refractivity contribution in [2.45, 2.75) is 63.9 Å². The van der Waals surface area contributed by atoms with Crippen molar-refractivity contribution < 1.29 is 9.47 Å². The Morgan fingerprint density at radius 1 is 1.24 bits per heavy atom. The third kappa shape index (κ3) is 2.84. The minimum Gasteiger partial charge on any atom is -0.370 e. The zero-order chi connectivity index (χ0) is 15.3. The monoisotopic (exact) mass is 328 g/mol. The molecule has 3 rings (SSSR count). The van der Waals surface area contributed by atoms with Gasteiger partial charge in [-0.05, 0) is 49.4 Å². The highest BCUT2D eigenvalue weighted by Crippen LogP contribution is 2.55. The first-order valence-corrected chi connectivity index (χ1v) is 8.35. The second-order valence-corrected chi connectivity index (χ2v) is 7.79. The number of benzene rings is 1. The van der Waals surface area contributed by atoms with Gasteiger partial charge in [0.15, 0.2) is 0 Å². The zero-order valence-electron chi connectivity index (χ0n) is 12.8. The Kier molecular flexibility index (Phi) is 4.03. The standard InChI is InChI=1S/C17H22Cl2O2/c1-11(2)17-5-4-16(3,21-17)15(9-17)20-10-12-6-13(18)8-14(19)7-12/h6-8,11,15H,4-5,9-10H2,1-3H3. The Balaban J connectivity index is 1.69. The maximum absolute atomic E-state index is 6.38. The lowest BCUT2D eigenvalue weighted by Crippen LogP contribution is -2.38. The summed E-state index contributed by atoms with van der Waals surface area (Å²) in [5, 5.41) is 1.30. The van der Waals surface area contributed by atoms with Crippen LogP contribution in [0.15, 0.2) is 18.2 Å². The summed E-state index contributed by atoms with van der Waals surface area (Å²) in [7, 11) is 0. The summed E-state index contributed by atoms with van der Waals surface area (Å²) in [6, 6.07) is 5.55. The lowest BCUT2D eigenvalue weighted by molar-refractivity contribution is -0.0959. The Labute approximate surface area is 136 Å². The SMILES string of the molecule is CC(C)C12CCC(C)(O1)C(OCc1cc(Cl)cc(Cl)c1)C2. The van der Waals surface area contributed by atoms with Crippen LogP contribution in [0.3, 0.4) is 0 Å². The van der Waals surface area contributed by atoms with E-state index in [2.05, 4.69) is 20.8 Å². The average molecular weight is 329 g/mol. The highest BCUT2D eigenvalue weighted by atomic mass is 35.5. The van der Waals surface area contributed by atoms with Crippen molar-refractivity contribution in [3.05, 3.63) is 33.8 Å². The van der Waals surface area contributed by atoms with E-state index in [-0.39, 0.29) is 17.3 Å². The number of fused-ring (bicyclic) bond motifs is 2. The van der Waals surface area contributed by atoms with Gasteiger partial charge in [0, 0.05) is 16.5 Å². The quantitative estimate of drug-likeness (QED) is 0.751. The minimum absolute atomic E-state index is 0.00535. The molecule has 0 amide bonds. The van der Waals surface area contributed by atoms with Gasteiger partial charge in [0.05, 0.1) is 23.9 Å². The van der Waals surface area contributed by atoms with Crippen molar-refractivity contribution in [1.82, 2.24) is 0 Å². The van der Waals surface area contributed by atoms with E-state index in [0.29, 0.717) is 22.6 Å². The predicted octanol–water partition coefficient (Wildman–Crippen LogP) is 5.25. The van der Waals surface area contributed by atoms with E-state index in [1.165, 1.54) is 0 Å². The first kappa shape index (κ1) is 15.6. The van der Waals surface area contributed by atoms with Crippen LogP contribution in [0.4, 0.5) is 0 Å². The molecule has 2 bridgehead atoms. The zero-order valence-corrected chi connectivity index (χ0v) is 14.3. The van der Waals surface area contributed by atoms with Crippen LogP contribution in [0.2, 0.25) is 10.0 Å². The molecule has 0 aliphatic carbocycles. The fourth-order valence-corrected chi connectivity index (χ4v) is 4.27. The fraction of sp³-hybridized carbons (Fsp3) is 0.647. The molecule has 4 heteroatoms. The predicted molar refractivity (Wildman–Crippen MR) is 85.9 cm³/mol. The maximum atomic E-state index is 6.38. The molecule has 116 valence electrons. The number of halogens is 2. The third-order valence-electron chi connectivity index (χ3n) is 5.12. The molecular weight excluding hydrogens is 307 g/mol. The van der Waals surface area contributed by atoms with Crippen molar-refractivity contribution >= 4 is 23.2 Å². The number of rotatable bonds is 4. The van der Waals surface area contributed by atoms with Gasteiger partial charge in [0.2, 0.25) is 0 Å². The molecule has 0 N–H and O–H groups in total. The van der Waals surface area contributed by atoms with E-state index in [0.717, 1.165) is 24.8 Å². The van der Waals surface area contributed by atoms with Crippen LogP contribution in [0.1, 0.15) is 45.6 Å². The van der Waals surface area contributed by atoms with Crippen molar-refractivity contribution in [2.75, 3.05) is 0 Å². The molecule has 2 nitrogen and oxygen atoms in total.